The highest BCUT2D eigenvalue weighted by atomic mass is 32.2. The minimum atomic E-state index is -3.94. The quantitative estimate of drug-likeness (QED) is 0.293. The number of anilines is 1. The summed E-state index contributed by atoms with van der Waals surface area (Å²) in [6.45, 7) is 13.9. The van der Waals surface area contributed by atoms with Crippen molar-refractivity contribution in [1.82, 2.24) is 14.7 Å². The second-order valence-corrected chi connectivity index (χ2v) is 13.0. The van der Waals surface area contributed by atoms with Crippen LogP contribution >= 0.6 is 0 Å². The molecule has 36 heavy (non-hydrogen) atoms. The van der Waals surface area contributed by atoms with E-state index in [4.69, 9.17) is 0 Å². The maximum absolute atomic E-state index is 13.8. The SMILES string of the molecule is CCCCCCc1c(C)c(C)c(N2CCN(S(=O)(=O)C3(C(=O)NO)CCN(C)CC3)CC2)c(C)c1C. The Kier molecular flexibility index (Phi) is 9.46. The lowest BCUT2D eigenvalue weighted by molar-refractivity contribution is -0.133. The average Bonchev–Trinajstić information content (AvgIpc) is 2.87. The van der Waals surface area contributed by atoms with Crippen LogP contribution in [-0.2, 0) is 21.2 Å². The predicted octanol–water partition coefficient (Wildman–Crippen LogP) is 3.46. The number of amides is 1. The lowest BCUT2D eigenvalue weighted by atomic mass is 9.88. The van der Waals surface area contributed by atoms with Crippen molar-refractivity contribution in [3.63, 3.8) is 0 Å². The standard InChI is InChI=1S/C27H46N4O4S/c1-7-8-9-10-11-24-20(2)22(4)25(23(5)21(24)3)30-16-18-31(19-17-30)36(34,35)27(26(32)28-33)12-14-29(6)15-13-27/h33H,7-19H2,1-6H3,(H,28,32). The van der Waals surface area contributed by atoms with Gasteiger partial charge in [0, 0.05) is 31.9 Å². The zero-order chi connectivity index (χ0) is 26.7. The number of hydroxylamine groups is 1. The summed E-state index contributed by atoms with van der Waals surface area (Å²) < 4.78 is 27.4. The van der Waals surface area contributed by atoms with E-state index < -0.39 is 20.7 Å². The second kappa shape index (κ2) is 11.8. The fraction of sp³-hybridized carbons (Fsp3) is 0.741. The van der Waals surface area contributed by atoms with E-state index in [9.17, 15) is 18.4 Å². The first-order chi connectivity index (χ1) is 17.0. The van der Waals surface area contributed by atoms with Crippen LogP contribution in [0, 0.1) is 27.7 Å². The molecule has 2 saturated heterocycles. The van der Waals surface area contributed by atoms with Crippen molar-refractivity contribution < 1.29 is 18.4 Å². The Morgan fingerprint density at radius 3 is 1.94 bits per heavy atom. The minimum Gasteiger partial charge on any atom is -0.368 e. The Hall–Kier alpha value is -1.68. The molecular weight excluding hydrogens is 476 g/mol. The number of hydrogen-bond acceptors (Lipinski definition) is 6. The Labute approximate surface area is 218 Å². The molecule has 0 aliphatic carbocycles. The molecule has 0 unspecified atom stereocenters. The van der Waals surface area contributed by atoms with Gasteiger partial charge in [-0.1, -0.05) is 26.2 Å². The molecule has 2 heterocycles. The van der Waals surface area contributed by atoms with E-state index in [1.54, 1.807) is 5.48 Å². The molecule has 8 nitrogen and oxygen atoms in total. The predicted molar refractivity (Wildman–Crippen MR) is 145 cm³/mol. The van der Waals surface area contributed by atoms with Crippen molar-refractivity contribution in [2.75, 3.05) is 51.2 Å². The van der Waals surface area contributed by atoms with E-state index >= 15 is 0 Å². The van der Waals surface area contributed by atoms with Gasteiger partial charge in [0.25, 0.3) is 5.91 Å². The van der Waals surface area contributed by atoms with Crippen LogP contribution in [0.2, 0.25) is 0 Å². The van der Waals surface area contributed by atoms with Gasteiger partial charge in [-0.15, -0.1) is 0 Å². The summed E-state index contributed by atoms with van der Waals surface area (Å²) in [5.41, 5.74) is 9.61. The highest BCUT2D eigenvalue weighted by Crippen LogP contribution is 2.37. The third kappa shape index (κ3) is 5.30. The van der Waals surface area contributed by atoms with Crippen LogP contribution in [-0.4, -0.2) is 79.8 Å². The minimum absolute atomic E-state index is 0.175. The van der Waals surface area contributed by atoms with Gasteiger partial charge in [-0.3, -0.25) is 10.0 Å². The fourth-order valence-corrected chi connectivity index (χ4v) is 8.15. The number of carbonyl (C=O) groups excluding carboxylic acids is 1. The fourth-order valence-electron chi connectivity index (χ4n) is 6.03. The molecule has 204 valence electrons. The number of sulfonamides is 1. The Bertz CT molecular complexity index is 1010. The summed E-state index contributed by atoms with van der Waals surface area (Å²) in [6, 6.07) is 0. The smallest absolute Gasteiger partial charge is 0.266 e. The number of carbonyl (C=O) groups is 1. The summed E-state index contributed by atoms with van der Waals surface area (Å²) in [7, 11) is -2.02. The topological polar surface area (TPSA) is 93.2 Å². The van der Waals surface area contributed by atoms with Gasteiger partial charge in [-0.25, -0.2) is 13.9 Å². The van der Waals surface area contributed by atoms with Gasteiger partial charge in [0.15, 0.2) is 4.75 Å². The first-order valence-corrected chi connectivity index (χ1v) is 14.9. The maximum atomic E-state index is 13.8. The van der Waals surface area contributed by atoms with Crippen molar-refractivity contribution in [2.45, 2.75) is 84.3 Å². The van der Waals surface area contributed by atoms with Crippen molar-refractivity contribution in [3.05, 3.63) is 27.8 Å². The van der Waals surface area contributed by atoms with Crippen LogP contribution < -0.4 is 10.4 Å². The third-order valence-electron chi connectivity index (χ3n) is 8.72. The largest absolute Gasteiger partial charge is 0.368 e. The number of unbranched alkanes of at least 4 members (excludes halogenated alkanes) is 3. The molecular formula is C27H46N4O4S. The van der Waals surface area contributed by atoms with E-state index in [0.29, 0.717) is 39.3 Å². The second-order valence-electron chi connectivity index (χ2n) is 10.8. The maximum Gasteiger partial charge on any atom is 0.266 e. The number of likely N-dealkylation sites (tertiary alicyclic amines) is 1. The Balaban J connectivity index is 1.80. The number of rotatable bonds is 9. The molecule has 0 radical (unpaired) electrons. The monoisotopic (exact) mass is 522 g/mol. The molecule has 9 heteroatoms. The number of nitrogens with one attached hydrogen (secondary N) is 1. The molecule has 2 fully saturated rings. The zero-order valence-electron chi connectivity index (χ0n) is 23.1. The highest BCUT2D eigenvalue weighted by molar-refractivity contribution is 7.91. The van der Waals surface area contributed by atoms with E-state index in [0.717, 1.165) is 6.42 Å². The summed E-state index contributed by atoms with van der Waals surface area (Å²) in [5.74, 6) is -0.814. The van der Waals surface area contributed by atoms with E-state index in [-0.39, 0.29) is 12.8 Å². The van der Waals surface area contributed by atoms with Crippen molar-refractivity contribution in [2.24, 2.45) is 0 Å². The first kappa shape index (κ1) is 28.9. The Morgan fingerprint density at radius 1 is 0.889 bits per heavy atom. The molecule has 0 saturated carbocycles. The third-order valence-corrected chi connectivity index (χ3v) is 11.3. The van der Waals surface area contributed by atoms with Gasteiger partial charge in [0.2, 0.25) is 10.0 Å². The molecule has 1 aromatic rings. The average molecular weight is 523 g/mol. The molecule has 2 aliphatic heterocycles. The van der Waals surface area contributed by atoms with Crippen molar-refractivity contribution in [3.8, 4) is 0 Å². The van der Waals surface area contributed by atoms with Gasteiger partial charge in [-0.05, 0) is 101 Å². The number of hydrogen-bond donors (Lipinski definition) is 2. The number of benzene rings is 1. The van der Waals surface area contributed by atoms with Gasteiger partial charge in [-0.2, -0.15) is 4.31 Å². The molecule has 1 amide bonds. The lowest BCUT2D eigenvalue weighted by Gasteiger charge is -2.44. The molecule has 3 rings (SSSR count). The zero-order valence-corrected chi connectivity index (χ0v) is 23.9. The highest BCUT2D eigenvalue weighted by Gasteiger charge is 2.54. The molecule has 0 aromatic heterocycles. The normalized spacial score (nSPS) is 19.5. The van der Waals surface area contributed by atoms with Gasteiger partial charge < -0.3 is 9.80 Å². The summed E-state index contributed by atoms with van der Waals surface area (Å²) >= 11 is 0. The van der Waals surface area contributed by atoms with Crippen molar-refractivity contribution >= 4 is 21.6 Å². The lowest BCUT2D eigenvalue weighted by Crippen LogP contribution is -2.63. The molecule has 2 N–H and O–H groups in total. The number of piperidine rings is 1. The Morgan fingerprint density at radius 2 is 1.44 bits per heavy atom. The van der Waals surface area contributed by atoms with E-state index in [2.05, 4.69) is 39.5 Å². The molecule has 0 bridgehead atoms. The molecule has 0 spiro atoms. The molecule has 2 aliphatic rings. The van der Waals surface area contributed by atoms with Crippen LogP contribution in [0.1, 0.15) is 73.3 Å². The number of piperazine rings is 1. The van der Waals surface area contributed by atoms with Gasteiger partial charge in [0.1, 0.15) is 0 Å². The summed E-state index contributed by atoms with van der Waals surface area (Å²) in [5, 5.41) is 9.38. The number of nitrogens with zero attached hydrogens (tertiary/aromatic N) is 3. The summed E-state index contributed by atoms with van der Waals surface area (Å²) in [6.07, 6.45) is 6.44. The first-order valence-electron chi connectivity index (χ1n) is 13.5. The molecule has 0 atom stereocenters. The van der Waals surface area contributed by atoms with E-state index in [1.165, 1.54) is 63.5 Å². The summed E-state index contributed by atoms with van der Waals surface area (Å²) in [4.78, 5) is 17.0. The van der Waals surface area contributed by atoms with Gasteiger partial charge in [0.05, 0.1) is 0 Å². The van der Waals surface area contributed by atoms with Crippen molar-refractivity contribution in [1.29, 1.82) is 0 Å². The van der Waals surface area contributed by atoms with Crippen LogP contribution in [0.3, 0.4) is 0 Å². The van der Waals surface area contributed by atoms with Gasteiger partial charge >= 0.3 is 0 Å². The van der Waals surface area contributed by atoms with Crippen LogP contribution in [0.4, 0.5) is 5.69 Å². The van der Waals surface area contributed by atoms with Crippen LogP contribution in [0.5, 0.6) is 0 Å². The van der Waals surface area contributed by atoms with E-state index in [1.807, 2.05) is 11.9 Å². The molecule has 1 aromatic carbocycles. The van der Waals surface area contributed by atoms with Crippen LogP contribution in [0.25, 0.3) is 0 Å². The van der Waals surface area contributed by atoms with Crippen LogP contribution in [0.15, 0.2) is 0 Å².